The fourth-order valence-electron chi connectivity index (χ4n) is 15.0. The van der Waals surface area contributed by atoms with Crippen LogP contribution >= 0.6 is 0 Å². The fourth-order valence-corrected chi connectivity index (χ4v) is 15.0. The van der Waals surface area contributed by atoms with Gasteiger partial charge in [-0.25, -0.2) is 0 Å². The van der Waals surface area contributed by atoms with Gasteiger partial charge in [-0.1, -0.05) is 34.6 Å². The molecule has 8 aliphatic rings. The molecule has 338 valence electrons. The Hall–Kier alpha value is -0.970. The highest BCUT2D eigenvalue weighted by Gasteiger charge is 2.68. The second kappa shape index (κ2) is 16.9. The molecular formula is C46H76O13. The van der Waals surface area contributed by atoms with Crippen molar-refractivity contribution in [2.75, 3.05) is 26.4 Å². The number of rotatable bonds is 9. The molecule has 3 saturated heterocycles. The van der Waals surface area contributed by atoms with Crippen molar-refractivity contribution in [1.29, 1.82) is 0 Å². The zero-order valence-electron chi connectivity index (χ0n) is 36.3. The normalized spacial score (nSPS) is 52.3. The zero-order valence-corrected chi connectivity index (χ0v) is 36.3. The Morgan fingerprint density at radius 3 is 2.12 bits per heavy atom. The molecule has 8 rings (SSSR count). The summed E-state index contributed by atoms with van der Waals surface area (Å²) < 4.78 is 36.8. The van der Waals surface area contributed by atoms with Gasteiger partial charge < -0.3 is 59.1 Å². The SMILES string of the molecule is CC1(C)CCC2(C(=O)OC3CC(O)CC(COC4CC(O)CC(CO)O4)O3)CCC3C(CCC4C3(C)CCC3C(C)(CO)C(OC5CC(O)C(O)CO5)CCC34C)C2C1. The van der Waals surface area contributed by atoms with E-state index in [-0.39, 0.29) is 79.4 Å². The highest BCUT2D eigenvalue weighted by atomic mass is 16.7. The average molecular weight is 837 g/mol. The minimum Gasteiger partial charge on any atom is -0.435 e. The third-order valence-corrected chi connectivity index (χ3v) is 18.1. The van der Waals surface area contributed by atoms with Crippen molar-refractivity contribution < 1.29 is 63.9 Å². The zero-order chi connectivity index (χ0) is 42.1. The van der Waals surface area contributed by atoms with E-state index < -0.39 is 66.3 Å². The van der Waals surface area contributed by atoms with Crippen LogP contribution in [0.15, 0.2) is 0 Å². The molecule has 13 nitrogen and oxygen atoms in total. The van der Waals surface area contributed by atoms with Gasteiger partial charge in [0.25, 0.3) is 0 Å². The molecule has 0 radical (unpaired) electrons. The molecule has 0 spiro atoms. The monoisotopic (exact) mass is 837 g/mol. The molecule has 3 heterocycles. The number of ether oxygens (including phenoxy) is 6. The van der Waals surface area contributed by atoms with Crippen LogP contribution in [0.5, 0.6) is 0 Å². The van der Waals surface area contributed by atoms with Crippen LogP contribution in [0.25, 0.3) is 0 Å². The van der Waals surface area contributed by atoms with Crippen LogP contribution < -0.4 is 0 Å². The molecule has 19 atom stereocenters. The first-order valence-electron chi connectivity index (χ1n) is 23.3. The van der Waals surface area contributed by atoms with Crippen molar-refractivity contribution in [3.8, 4) is 0 Å². The second-order valence-electron chi connectivity index (χ2n) is 22.2. The minimum atomic E-state index is -0.906. The van der Waals surface area contributed by atoms with Crippen molar-refractivity contribution in [2.45, 2.75) is 199 Å². The second-order valence-corrected chi connectivity index (χ2v) is 22.2. The number of carbonyl (C=O) groups excluding carboxylic acids is 1. The Morgan fingerprint density at radius 2 is 1.39 bits per heavy atom. The Bertz CT molecular complexity index is 1480. The maximum absolute atomic E-state index is 14.8. The lowest BCUT2D eigenvalue weighted by atomic mass is 9.35. The Kier molecular flexibility index (Phi) is 12.8. The maximum Gasteiger partial charge on any atom is 0.314 e. The molecule has 0 aromatic rings. The molecule has 0 aromatic carbocycles. The van der Waals surface area contributed by atoms with Crippen molar-refractivity contribution in [3.05, 3.63) is 0 Å². The number of carbonyl (C=O) groups is 1. The van der Waals surface area contributed by atoms with Crippen LogP contribution in [-0.2, 0) is 33.2 Å². The van der Waals surface area contributed by atoms with Crippen LogP contribution in [0.4, 0.5) is 0 Å². The van der Waals surface area contributed by atoms with Crippen molar-refractivity contribution in [1.82, 2.24) is 0 Å². The first-order chi connectivity index (χ1) is 27.9. The van der Waals surface area contributed by atoms with Gasteiger partial charge >= 0.3 is 5.97 Å². The van der Waals surface area contributed by atoms with E-state index in [9.17, 15) is 35.4 Å². The standard InChI is InChI=1S/C46H76O13/c1-42(2)14-15-46(41(53)59-40-19-27(50)17-29(57-40)23-54-38-18-26(49)16-28(22-47)56-38)13-8-31-30(32(46)21-42)6-7-35-43(31,3)11-9-36-44(35,4)12-10-37(45(36,5)25-48)58-39-20-33(51)34(52)24-55-39/h26-40,47-52H,6-25H2,1-5H3. The highest BCUT2D eigenvalue weighted by Crippen LogP contribution is 2.73. The van der Waals surface area contributed by atoms with Crippen LogP contribution in [0.3, 0.4) is 0 Å². The summed E-state index contributed by atoms with van der Waals surface area (Å²) in [5, 5.41) is 62.2. The van der Waals surface area contributed by atoms with Crippen LogP contribution in [0, 0.1) is 56.7 Å². The summed E-state index contributed by atoms with van der Waals surface area (Å²) in [6.45, 7) is 11.9. The molecule has 0 bridgehead atoms. The summed E-state index contributed by atoms with van der Waals surface area (Å²) in [4.78, 5) is 14.8. The number of aliphatic hydroxyl groups excluding tert-OH is 6. The fraction of sp³-hybridized carbons (Fsp3) is 0.978. The van der Waals surface area contributed by atoms with Gasteiger partial charge in [-0.2, -0.15) is 0 Å². The molecule has 59 heavy (non-hydrogen) atoms. The lowest BCUT2D eigenvalue weighted by Gasteiger charge is -2.70. The van der Waals surface area contributed by atoms with Gasteiger partial charge in [-0.15, -0.1) is 0 Å². The van der Waals surface area contributed by atoms with Gasteiger partial charge in [0, 0.05) is 37.5 Å². The third-order valence-electron chi connectivity index (χ3n) is 18.1. The topological polar surface area (TPSA) is 194 Å². The van der Waals surface area contributed by atoms with Crippen LogP contribution in [0.1, 0.15) is 137 Å². The predicted molar refractivity (Wildman–Crippen MR) is 214 cm³/mol. The molecule has 19 unspecified atom stereocenters. The van der Waals surface area contributed by atoms with Crippen LogP contribution in [0.2, 0.25) is 0 Å². The quantitative estimate of drug-likeness (QED) is 0.140. The first-order valence-corrected chi connectivity index (χ1v) is 23.3. The first kappa shape index (κ1) is 44.6. The van der Waals surface area contributed by atoms with Gasteiger partial charge in [-0.05, 0) is 116 Å². The van der Waals surface area contributed by atoms with E-state index in [4.69, 9.17) is 28.4 Å². The van der Waals surface area contributed by atoms with E-state index in [0.717, 1.165) is 70.6 Å². The number of hydrogen-bond donors (Lipinski definition) is 6. The van der Waals surface area contributed by atoms with Crippen LogP contribution in [-0.4, -0.2) is 125 Å². The van der Waals surface area contributed by atoms with E-state index in [0.29, 0.717) is 37.0 Å². The van der Waals surface area contributed by atoms with E-state index in [1.807, 2.05) is 0 Å². The maximum atomic E-state index is 14.8. The van der Waals surface area contributed by atoms with E-state index >= 15 is 0 Å². The summed E-state index contributed by atoms with van der Waals surface area (Å²) in [7, 11) is 0. The highest BCUT2D eigenvalue weighted by molar-refractivity contribution is 5.78. The lowest BCUT2D eigenvalue weighted by molar-refractivity contribution is -0.286. The molecule has 0 aromatic heterocycles. The van der Waals surface area contributed by atoms with Gasteiger partial charge in [0.15, 0.2) is 12.6 Å². The Labute approximate surface area is 351 Å². The molecule has 5 saturated carbocycles. The Morgan fingerprint density at radius 1 is 0.678 bits per heavy atom. The molecule has 0 amide bonds. The summed E-state index contributed by atoms with van der Waals surface area (Å²) in [5.74, 6) is 1.64. The predicted octanol–water partition coefficient (Wildman–Crippen LogP) is 4.59. The van der Waals surface area contributed by atoms with Crippen molar-refractivity contribution >= 4 is 5.97 Å². The summed E-state index contributed by atoms with van der Waals surface area (Å²) in [6, 6.07) is 0. The number of aliphatic hydroxyl groups is 6. The summed E-state index contributed by atoms with van der Waals surface area (Å²) in [6.07, 6.45) is 5.45. The molecule has 13 heteroatoms. The van der Waals surface area contributed by atoms with Crippen molar-refractivity contribution in [3.63, 3.8) is 0 Å². The Balaban J connectivity index is 0.958. The molecule has 3 aliphatic heterocycles. The summed E-state index contributed by atoms with van der Waals surface area (Å²) in [5.41, 5.74) is -0.843. The van der Waals surface area contributed by atoms with E-state index in [1.54, 1.807) is 0 Å². The number of fused-ring (bicyclic) bond motifs is 7. The third kappa shape index (κ3) is 8.21. The van der Waals surface area contributed by atoms with E-state index in [1.165, 1.54) is 0 Å². The van der Waals surface area contributed by atoms with Gasteiger partial charge in [0.05, 0.1) is 68.5 Å². The lowest BCUT2D eigenvalue weighted by Crippen LogP contribution is -2.66. The summed E-state index contributed by atoms with van der Waals surface area (Å²) >= 11 is 0. The average Bonchev–Trinajstić information content (AvgIpc) is 3.18. The van der Waals surface area contributed by atoms with Crippen molar-refractivity contribution in [2.24, 2.45) is 56.7 Å². The number of esters is 1. The minimum absolute atomic E-state index is 0.0145. The molecule has 6 N–H and O–H groups in total. The smallest absolute Gasteiger partial charge is 0.314 e. The molecule has 5 aliphatic carbocycles. The molecule has 8 fully saturated rings. The van der Waals surface area contributed by atoms with Gasteiger partial charge in [-0.3, -0.25) is 4.79 Å². The van der Waals surface area contributed by atoms with Gasteiger partial charge in [0.1, 0.15) is 6.10 Å². The number of hydrogen-bond acceptors (Lipinski definition) is 13. The van der Waals surface area contributed by atoms with Gasteiger partial charge in [0.2, 0.25) is 6.29 Å². The largest absolute Gasteiger partial charge is 0.435 e. The van der Waals surface area contributed by atoms with E-state index in [2.05, 4.69) is 34.6 Å². The molecular weight excluding hydrogens is 760 g/mol.